The topological polar surface area (TPSA) is 107 Å². The van der Waals surface area contributed by atoms with Crippen LogP contribution in [-0.2, 0) is 21.3 Å². The Morgan fingerprint density at radius 2 is 1.61 bits per heavy atom. The number of anilines is 1. The van der Waals surface area contributed by atoms with E-state index in [9.17, 15) is 23.3 Å². The monoisotopic (exact) mass is 440 g/mol. The smallest absolute Gasteiger partial charge is 0.340 e. The molecule has 0 bridgehead atoms. The first-order valence-electron chi connectivity index (χ1n) is 9.24. The molecule has 0 aliphatic heterocycles. The summed E-state index contributed by atoms with van der Waals surface area (Å²) in [6, 6.07) is 18.2. The molecule has 0 saturated heterocycles. The molecule has 3 aromatic carbocycles. The standard InChI is InChI=1S/C22H20N2O6S/c1-16-7-13-19(14-8-16)31(28,29)23(15-17-9-11-18(12-10-17)24(26)27)21-6-4-3-5-20(21)22(25)30-2/h3-14H,15H2,1-2H3. The van der Waals surface area contributed by atoms with Crippen LogP contribution in [0, 0.1) is 17.0 Å². The number of hydrogen-bond acceptors (Lipinski definition) is 6. The molecule has 160 valence electrons. The number of rotatable bonds is 7. The number of aryl methyl sites for hydroxylation is 1. The summed E-state index contributed by atoms with van der Waals surface area (Å²) in [6.07, 6.45) is 0. The van der Waals surface area contributed by atoms with Crippen molar-refractivity contribution in [1.29, 1.82) is 0 Å². The summed E-state index contributed by atoms with van der Waals surface area (Å²) in [5.41, 5.74) is 1.54. The molecule has 8 nitrogen and oxygen atoms in total. The van der Waals surface area contributed by atoms with Gasteiger partial charge in [-0.15, -0.1) is 0 Å². The van der Waals surface area contributed by atoms with Crippen LogP contribution in [0.5, 0.6) is 0 Å². The van der Waals surface area contributed by atoms with E-state index in [1.807, 2.05) is 6.92 Å². The second-order valence-electron chi connectivity index (χ2n) is 6.76. The third-order valence-electron chi connectivity index (χ3n) is 4.66. The minimum absolute atomic E-state index is 0.0553. The molecule has 0 amide bonds. The van der Waals surface area contributed by atoms with Crippen molar-refractivity contribution in [1.82, 2.24) is 0 Å². The van der Waals surface area contributed by atoms with Gasteiger partial charge in [-0.2, -0.15) is 0 Å². The van der Waals surface area contributed by atoms with Gasteiger partial charge in [-0.3, -0.25) is 14.4 Å². The normalized spacial score (nSPS) is 11.0. The largest absolute Gasteiger partial charge is 0.465 e. The zero-order valence-electron chi connectivity index (χ0n) is 16.9. The lowest BCUT2D eigenvalue weighted by Crippen LogP contribution is -2.32. The molecule has 0 fully saturated rings. The number of non-ortho nitro benzene ring substituents is 1. The van der Waals surface area contributed by atoms with Crippen LogP contribution >= 0.6 is 0 Å². The first-order valence-corrected chi connectivity index (χ1v) is 10.7. The van der Waals surface area contributed by atoms with Gasteiger partial charge in [0.15, 0.2) is 0 Å². The summed E-state index contributed by atoms with van der Waals surface area (Å²) in [5, 5.41) is 10.9. The Morgan fingerprint density at radius 1 is 1.00 bits per heavy atom. The van der Waals surface area contributed by atoms with Gasteiger partial charge < -0.3 is 4.74 Å². The third-order valence-corrected chi connectivity index (χ3v) is 6.43. The van der Waals surface area contributed by atoms with Crippen molar-refractivity contribution in [3.63, 3.8) is 0 Å². The van der Waals surface area contributed by atoms with E-state index >= 15 is 0 Å². The van der Waals surface area contributed by atoms with Crippen molar-refractivity contribution >= 4 is 27.4 Å². The van der Waals surface area contributed by atoms with E-state index < -0.39 is 20.9 Å². The molecule has 0 unspecified atom stereocenters. The number of carbonyl (C=O) groups excluding carboxylic acids is 1. The fourth-order valence-electron chi connectivity index (χ4n) is 3.00. The number of hydrogen-bond donors (Lipinski definition) is 0. The average Bonchev–Trinajstić information content (AvgIpc) is 2.77. The molecule has 0 aliphatic carbocycles. The molecule has 0 radical (unpaired) electrons. The highest BCUT2D eigenvalue weighted by atomic mass is 32.2. The molecule has 3 aromatic rings. The van der Waals surface area contributed by atoms with Crippen LogP contribution in [0.1, 0.15) is 21.5 Å². The van der Waals surface area contributed by atoms with Gasteiger partial charge in [0.2, 0.25) is 0 Å². The molecular formula is C22H20N2O6S. The summed E-state index contributed by atoms with van der Waals surface area (Å²) in [7, 11) is -2.85. The highest BCUT2D eigenvalue weighted by Crippen LogP contribution is 2.30. The lowest BCUT2D eigenvalue weighted by molar-refractivity contribution is -0.384. The molecule has 3 rings (SSSR count). The number of nitro groups is 1. The van der Waals surface area contributed by atoms with E-state index in [2.05, 4.69) is 0 Å². The summed E-state index contributed by atoms with van der Waals surface area (Å²) >= 11 is 0. The predicted molar refractivity (Wildman–Crippen MR) is 115 cm³/mol. The number of ether oxygens (including phenoxy) is 1. The van der Waals surface area contributed by atoms with Gasteiger partial charge in [-0.05, 0) is 36.8 Å². The maximum Gasteiger partial charge on any atom is 0.340 e. The minimum Gasteiger partial charge on any atom is -0.465 e. The van der Waals surface area contributed by atoms with Crippen molar-refractivity contribution in [2.24, 2.45) is 0 Å². The third kappa shape index (κ3) is 4.72. The number of para-hydroxylation sites is 1. The molecule has 0 aromatic heterocycles. The highest BCUT2D eigenvalue weighted by molar-refractivity contribution is 7.92. The number of sulfonamides is 1. The molecule has 0 N–H and O–H groups in total. The maximum absolute atomic E-state index is 13.6. The Bertz CT molecular complexity index is 1210. The minimum atomic E-state index is -4.07. The lowest BCUT2D eigenvalue weighted by Gasteiger charge is -2.26. The summed E-state index contributed by atoms with van der Waals surface area (Å²) in [6.45, 7) is 1.71. The molecule has 9 heteroatoms. The zero-order valence-corrected chi connectivity index (χ0v) is 17.7. The van der Waals surface area contributed by atoms with Crippen LogP contribution in [-0.4, -0.2) is 26.4 Å². The van der Waals surface area contributed by atoms with Gasteiger partial charge in [0.05, 0.1) is 34.7 Å². The fourth-order valence-corrected chi connectivity index (χ4v) is 4.47. The molecule has 31 heavy (non-hydrogen) atoms. The SMILES string of the molecule is COC(=O)c1ccccc1N(Cc1ccc([N+](=O)[O-])cc1)S(=O)(=O)c1ccc(C)cc1. The van der Waals surface area contributed by atoms with Gasteiger partial charge in [0, 0.05) is 12.1 Å². The number of esters is 1. The fraction of sp³-hybridized carbons (Fsp3) is 0.136. The van der Waals surface area contributed by atoms with Crippen LogP contribution in [0.15, 0.2) is 77.7 Å². The van der Waals surface area contributed by atoms with Gasteiger partial charge in [0.25, 0.3) is 15.7 Å². The molecular weight excluding hydrogens is 420 g/mol. The van der Waals surface area contributed by atoms with Gasteiger partial charge >= 0.3 is 5.97 Å². The van der Waals surface area contributed by atoms with Crippen LogP contribution in [0.3, 0.4) is 0 Å². The van der Waals surface area contributed by atoms with Crippen molar-refractivity contribution < 1.29 is 22.9 Å². The van der Waals surface area contributed by atoms with Gasteiger partial charge in [-0.1, -0.05) is 42.0 Å². The Kier molecular flexibility index (Phi) is 6.36. The van der Waals surface area contributed by atoms with Crippen LogP contribution in [0.2, 0.25) is 0 Å². The molecule has 0 spiro atoms. The first-order chi connectivity index (χ1) is 14.7. The van der Waals surface area contributed by atoms with Crippen LogP contribution < -0.4 is 4.31 Å². The van der Waals surface area contributed by atoms with Crippen LogP contribution in [0.25, 0.3) is 0 Å². The van der Waals surface area contributed by atoms with E-state index in [0.29, 0.717) is 5.56 Å². The highest BCUT2D eigenvalue weighted by Gasteiger charge is 2.29. The summed E-state index contributed by atoms with van der Waals surface area (Å²) < 4.78 is 33.0. The van der Waals surface area contributed by atoms with Crippen LogP contribution in [0.4, 0.5) is 11.4 Å². The summed E-state index contributed by atoms with van der Waals surface area (Å²) in [5.74, 6) is -0.677. The van der Waals surface area contributed by atoms with Crippen molar-refractivity contribution in [3.8, 4) is 0 Å². The predicted octanol–water partition coefficient (Wildman–Crippen LogP) is 4.09. The number of methoxy groups -OCH3 is 1. The number of nitrogens with zero attached hydrogens (tertiary/aromatic N) is 2. The van der Waals surface area contributed by atoms with Crippen molar-refractivity contribution in [2.75, 3.05) is 11.4 Å². The quantitative estimate of drug-likeness (QED) is 0.311. The molecule has 0 heterocycles. The van der Waals surface area contributed by atoms with E-state index in [0.717, 1.165) is 9.87 Å². The summed E-state index contributed by atoms with van der Waals surface area (Å²) in [4.78, 5) is 22.8. The molecule has 0 aliphatic rings. The Labute approximate surface area is 179 Å². The Balaban J connectivity index is 2.14. The van der Waals surface area contributed by atoms with Crippen molar-refractivity contribution in [2.45, 2.75) is 18.4 Å². The van der Waals surface area contributed by atoms with E-state index in [1.165, 1.54) is 55.6 Å². The average molecular weight is 440 g/mol. The van der Waals surface area contributed by atoms with Gasteiger partial charge in [-0.25, -0.2) is 13.2 Å². The zero-order chi connectivity index (χ0) is 22.6. The number of benzene rings is 3. The molecule has 0 saturated carbocycles. The number of nitro benzene ring substituents is 1. The lowest BCUT2D eigenvalue weighted by atomic mass is 10.1. The van der Waals surface area contributed by atoms with Gasteiger partial charge in [0.1, 0.15) is 0 Å². The second-order valence-corrected chi connectivity index (χ2v) is 8.62. The molecule has 0 atom stereocenters. The van der Waals surface area contributed by atoms with E-state index in [1.54, 1.807) is 24.3 Å². The maximum atomic E-state index is 13.6. The van der Waals surface area contributed by atoms with Crippen molar-refractivity contribution in [3.05, 3.63) is 99.6 Å². The first kappa shape index (κ1) is 22.0. The Morgan fingerprint density at radius 3 is 2.19 bits per heavy atom. The second kappa shape index (κ2) is 8.97. The van der Waals surface area contributed by atoms with E-state index in [-0.39, 0.29) is 28.4 Å². The Hall–Kier alpha value is -3.72. The number of carbonyl (C=O) groups is 1. The van der Waals surface area contributed by atoms with E-state index in [4.69, 9.17) is 4.74 Å².